The smallest absolute Gasteiger partial charge is 0.133 e. The molecule has 5 heteroatoms. The highest BCUT2D eigenvalue weighted by molar-refractivity contribution is 14.1. The van der Waals surface area contributed by atoms with Gasteiger partial charge in [-0.15, -0.1) is 0 Å². The fourth-order valence-corrected chi connectivity index (χ4v) is 5.25. The number of rotatable bonds is 4. The number of hydrogen-bond acceptors (Lipinski definition) is 3. The number of hydrogen-bond donors (Lipinski definition) is 1. The molecule has 156 valence electrons. The van der Waals surface area contributed by atoms with Gasteiger partial charge in [0.15, 0.2) is 0 Å². The van der Waals surface area contributed by atoms with Crippen molar-refractivity contribution in [2.24, 2.45) is 0 Å². The molecule has 5 rings (SSSR count). The Labute approximate surface area is 192 Å². The van der Waals surface area contributed by atoms with Crippen molar-refractivity contribution in [1.29, 1.82) is 0 Å². The molecule has 30 heavy (non-hydrogen) atoms. The largest absolute Gasteiger partial charge is 0.370 e. The van der Waals surface area contributed by atoms with Gasteiger partial charge in [-0.1, -0.05) is 30.3 Å². The molecule has 2 aliphatic heterocycles. The van der Waals surface area contributed by atoms with Crippen LogP contribution in [0.15, 0.2) is 54.6 Å². The first kappa shape index (κ1) is 20.1. The lowest BCUT2D eigenvalue weighted by Crippen LogP contribution is -2.34. The summed E-state index contributed by atoms with van der Waals surface area (Å²) in [5.74, 6) is 1.74. The highest BCUT2D eigenvalue weighted by atomic mass is 127. The van der Waals surface area contributed by atoms with Gasteiger partial charge < -0.3 is 5.32 Å². The number of halogens is 1. The van der Waals surface area contributed by atoms with E-state index in [2.05, 4.69) is 92.1 Å². The van der Waals surface area contributed by atoms with Crippen LogP contribution in [0.5, 0.6) is 0 Å². The van der Waals surface area contributed by atoms with Crippen LogP contribution in [0.1, 0.15) is 48.4 Å². The van der Waals surface area contributed by atoms with Crippen molar-refractivity contribution in [2.75, 3.05) is 25.0 Å². The van der Waals surface area contributed by atoms with E-state index in [0.29, 0.717) is 5.92 Å². The van der Waals surface area contributed by atoms with E-state index in [1.165, 1.54) is 58.4 Å². The Morgan fingerprint density at radius 2 is 1.83 bits per heavy atom. The second kappa shape index (κ2) is 9.10. The van der Waals surface area contributed by atoms with Crippen molar-refractivity contribution >= 4 is 28.4 Å². The number of anilines is 1. The molecule has 2 aromatic carbocycles. The summed E-state index contributed by atoms with van der Waals surface area (Å²) in [5, 5.41) is 8.93. The van der Waals surface area contributed by atoms with Crippen LogP contribution >= 0.6 is 22.6 Å². The Balaban J connectivity index is 1.45. The molecular weight excluding hydrogens is 483 g/mol. The molecule has 0 spiro atoms. The molecule has 0 radical (unpaired) electrons. The molecule has 1 atom stereocenters. The summed E-state index contributed by atoms with van der Waals surface area (Å²) in [6.45, 7) is 4.36. The van der Waals surface area contributed by atoms with Crippen molar-refractivity contribution < 1.29 is 0 Å². The third-order valence-corrected chi connectivity index (χ3v) is 7.09. The van der Waals surface area contributed by atoms with Crippen LogP contribution in [-0.4, -0.2) is 34.3 Å². The Morgan fingerprint density at radius 1 is 1.00 bits per heavy atom. The summed E-state index contributed by atoms with van der Waals surface area (Å²) < 4.78 is 3.42. The molecule has 0 aliphatic carbocycles. The molecule has 0 amide bonds. The van der Waals surface area contributed by atoms with E-state index in [1.807, 2.05) is 0 Å². The number of fused-ring (bicyclic) bond motifs is 1. The SMILES string of the molecule is Ic1ccc(-n2nc(C3CCCN(Cc4ccccc4)C3)c3c2NCCCC3)cc1. The van der Waals surface area contributed by atoms with Crippen molar-refractivity contribution in [3.63, 3.8) is 0 Å². The van der Waals surface area contributed by atoms with Crippen LogP contribution in [0.25, 0.3) is 5.69 Å². The second-order valence-corrected chi connectivity index (χ2v) is 9.79. The average Bonchev–Trinajstić information content (AvgIpc) is 2.96. The molecule has 1 fully saturated rings. The van der Waals surface area contributed by atoms with E-state index in [1.54, 1.807) is 0 Å². The molecule has 0 bridgehead atoms. The van der Waals surface area contributed by atoms with Gasteiger partial charge in [0, 0.05) is 34.7 Å². The molecule has 2 aliphatic rings. The molecule has 1 saturated heterocycles. The number of benzene rings is 2. The van der Waals surface area contributed by atoms with Crippen molar-refractivity contribution in [1.82, 2.24) is 14.7 Å². The number of aromatic nitrogens is 2. The molecule has 1 N–H and O–H groups in total. The van der Waals surface area contributed by atoms with Crippen LogP contribution in [0.4, 0.5) is 5.82 Å². The van der Waals surface area contributed by atoms with Crippen LogP contribution in [-0.2, 0) is 13.0 Å². The minimum absolute atomic E-state index is 0.515. The zero-order valence-electron chi connectivity index (χ0n) is 17.4. The van der Waals surface area contributed by atoms with Gasteiger partial charge in [0.2, 0.25) is 0 Å². The minimum atomic E-state index is 0.515. The predicted octanol–water partition coefficient (Wildman–Crippen LogP) is 5.60. The molecule has 0 saturated carbocycles. The molecule has 4 nitrogen and oxygen atoms in total. The zero-order chi connectivity index (χ0) is 20.3. The van der Waals surface area contributed by atoms with Gasteiger partial charge in [0.1, 0.15) is 5.82 Å². The fraction of sp³-hybridized carbons (Fsp3) is 0.400. The van der Waals surface area contributed by atoms with Gasteiger partial charge in [-0.05, 0) is 91.1 Å². The van der Waals surface area contributed by atoms with Crippen LogP contribution in [0, 0.1) is 3.57 Å². The van der Waals surface area contributed by atoms with E-state index in [4.69, 9.17) is 5.10 Å². The lowest BCUT2D eigenvalue weighted by Gasteiger charge is -2.32. The summed E-state index contributed by atoms with van der Waals surface area (Å²) >= 11 is 2.37. The first-order valence-corrected chi connectivity index (χ1v) is 12.2. The maximum absolute atomic E-state index is 5.22. The highest BCUT2D eigenvalue weighted by Gasteiger charge is 2.29. The van der Waals surface area contributed by atoms with Gasteiger partial charge in [-0.3, -0.25) is 4.90 Å². The first-order chi connectivity index (χ1) is 14.8. The third-order valence-electron chi connectivity index (χ3n) is 6.37. The minimum Gasteiger partial charge on any atom is -0.370 e. The van der Waals surface area contributed by atoms with Crippen molar-refractivity contribution in [3.8, 4) is 5.69 Å². The summed E-state index contributed by atoms with van der Waals surface area (Å²) in [7, 11) is 0. The standard InChI is InChI=1S/C25H29IN4/c26-21-11-13-22(14-12-21)30-25-23(10-4-5-15-27-25)24(28-30)20-9-6-16-29(18-20)17-19-7-2-1-3-8-19/h1-3,7-8,11-14,20,27H,4-6,9-10,15-18H2. The lowest BCUT2D eigenvalue weighted by molar-refractivity contribution is 0.198. The Morgan fingerprint density at radius 3 is 2.67 bits per heavy atom. The Bertz CT molecular complexity index is 980. The van der Waals surface area contributed by atoms with Gasteiger partial charge in [0.25, 0.3) is 0 Å². The Hall–Kier alpha value is -1.86. The quantitative estimate of drug-likeness (QED) is 0.462. The topological polar surface area (TPSA) is 33.1 Å². The number of piperidine rings is 1. The molecule has 3 aromatic rings. The van der Waals surface area contributed by atoms with Gasteiger partial charge in [0.05, 0.1) is 11.4 Å². The maximum atomic E-state index is 5.22. The van der Waals surface area contributed by atoms with Crippen molar-refractivity contribution in [2.45, 2.75) is 44.6 Å². The second-order valence-electron chi connectivity index (χ2n) is 8.54. The van der Waals surface area contributed by atoms with Crippen LogP contribution < -0.4 is 5.32 Å². The average molecular weight is 512 g/mol. The number of nitrogens with one attached hydrogen (secondary N) is 1. The monoisotopic (exact) mass is 512 g/mol. The van der Waals surface area contributed by atoms with E-state index < -0.39 is 0 Å². The summed E-state index contributed by atoms with van der Waals surface area (Å²) in [6, 6.07) is 19.6. The third kappa shape index (κ3) is 4.28. The van der Waals surface area contributed by atoms with Gasteiger partial charge in [-0.25, -0.2) is 4.68 Å². The van der Waals surface area contributed by atoms with E-state index in [0.717, 1.165) is 31.7 Å². The van der Waals surface area contributed by atoms with E-state index in [9.17, 15) is 0 Å². The Kier molecular flexibility index (Phi) is 6.09. The summed E-state index contributed by atoms with van der Waals surface area (Å²) in [6.07, 6.45) is 6.09. The van der Waals surface area contributed by atoms with E-state index >= 15 is 0 Å². The zero-order valence-corrected chi connectivity index (χ0v) is 19.5. The predicted molar refractivity (Wildman–Crippen MR) is 131 cm³/mol. The highest BCUT2D eigenvalue weighted by Crippen LogP contribution is 2.36. The molecular formula is C25H29IN4. The maximum Gasteiger partial charge on any atom is 0.133 e. The fourth-order valence-electron chi connectivity index (χ4n) is 4.89. The number of likely N-dealkylation sites (tertiary alicyclic amines) is 1. The summed E-state index contributed by atoms with van der Waals surface area (Å²) in [4.78, 5) is 2.62. The molecule has 3 heterocycles. The lowest BCUT2D eigenvalue weighted by atomic mass is 9.91. The van der Waals surface area contributed by atoms with Crippen LogP contribution in [0.2, 0.25) is 0 Å². The normalized spacial score (nSPS) is 19.7. The van der Waals surface area contributed by atoms with Gasteiger partial charge in [-0.2, -0.15) is 5.10 Å². The van der Waals surface area contributed by atoms with Gasteiger partial charge >= 0.3 is 0 Å². The van der Waals surface area contributed by atoms with Crippen molar-refractivity contribution in [3.05, 3.63) is 75.0 Å². The first-order valence-electron chi connectivity index (χ1n) is 11.2. The molecule has 1 unspecified atom stereocenters. The number of nitrogens with zero attached hydrogens (tertiary/aromatic N) is 3. The van der Waals surface area contributed by atoms with E-state index in [-0.39, 0.29) is 0 Å². The van der Waals surface area contributed by atoms with Crippen LogP contribution in [0.3, 0.4) is 0 Å². The summed E-state index contributed by atoms with van der Waals surface area (Å²) in [5.41, 5.74) is 5.35. The molecule has 1 aromatic heterocycles.